The van der Waals surface area contributed by atoms with Crippen molar-refractivity contribution in [3.63, 3.8) is 0 Å². The minimum atomic E-state index is -3.78. The molecule has 0 saturated carbocycles. The highest BCUT2D eigenvalue weighted by atomic mass is 35.5. The molecule has 2 aromatic carbocycles. The predicted molar refractivity (Wildman–Crippen MR) is 92.3 cm³/mol. The van der Waals surface area contributed by atoms with Crippen molar-refractivity contribution in [3.05, 3.63) is 55.5 Å². The second kappa shape index (κ2) is 6.04. The number of hydrogen-bond donors (Lipinski definition) is 0. The zero-order valence-electron chi connectivity index (χ0n) is 12.6. The number of sulfone groups is 1. The summed E-state index contributed by atoms with van der Waals surface area (Å²) in [7, 11) is -3.78. The van der Waals surface area contributed by atoms with Crippen LogP contribution < -0.4 is 0 Å². The van der Waals surface area contributed by atoms with E-state index in [0.29, 0.717) is 26.7 Å². The van der Waals surface area contributed by atoms with E-state index in [2.05, 4.69) is 0 Å². The van der Waals surface area contributed by atoms with Gasteiger partial charge < -0.3 is 0 Å². The smallest absolute Gasteiger partial charge is 0.208 e. The third kappa shape index (κ3) is 2.76. The van der Waals surface area contributed by atoms with Crippen molar-refractivity contribution in [2.75, 3.05) is 0 Å². The van der Waals surface area contributed by atoms with Crippen LogP contribution in [0.2, 0.25) is 15.1 Å². The average Bonchev–Trinajstić information content (AvgIpc) is 2.46. The van der Waals surface area contributed by atoms with Crippen LogP contribution in [-0.2, 0) is 9.84 Å². The molecule has 22 heavy (non-hydrogen) atoms. The highest BCUT2D eigenvalue weighted by Gasteiger charge is 2.26. The number of halogens is 3. The second-order valence-corrected chi connectivity index (χ2v) is 8.29. The Morgan fingerprint density at radius 2 is 1.27 bits per heavy atom. The maximum Gasteiger partial charge on any atom is 0.208 e. The molecule has 2 rings (SSSR count). The monoisotopic (exact) mass is 376 g/mol. The molecule has 2 aromatic rings. The molecule has 0 aliphatic carbocycles. The molecule has 2 nitrogen and oxygen atoms in total. The topological polar surface area (TPSA) is 34.1 Å². The molecule has 0 aliphatic heterocycles. The van der Waals surface area contributed by atoms with Crippen LogP contribution in [0.4, 0.5) is 0 Å². The van der Waals surface area contributed by atoms with E-state index in [1.165, 1.54) is 6.07 Å². The summed E-state index contributed by atoms with van der Waals surface area (Å²) in [5.74, 6) is 0. The van der Waals surface area contributed by atoms with Gasteiger partial charge in [-0.25, -0.2) is 8.42 Å². The Balaban J connectivity index is 2.80. The summed E-state index contributed by atoms with van der Waals surface area (Å²) >= 11 is 18.5. The number of rotatable bonds is 2. The molecule has 0 aliphatic rings. The van der Waals surface area contributed by atoms with Gasteiger partial charge in [0.1, 0.15) is 0 Å². The van der Waals surface area contributed by atoms with E-state index in [0.717, 1.165) is 5.56 Å². The minimum absolute atomic E-state index is 0.0524. The maximum atomic E-state index is 13.0. The van der Waals surface area contributed by atoms with Crippen molar-refractivity contribution < 1.29 is 8.42 Å². The predicted octanol–water partition coefficient (Wildman–Crippen LogP) is 5.71. The molecule has 0 fully saturated rings. The zero-order chi connectivity index (χ0) is 16.8. The van der Waals surface area contributed by atoms with Crippen LogP contribution in [0.15, 0.2) is 28.0 Å². The molecule has 6 heteroatoms. The highest BCUT2D eigenvalue weighted by Crippen LogP contribution is 2.38. The summed E-state index contributed by atoms with van der Waals surface area (Å²) in [6, 6.07) is 4.74. The van der Waals surface area contributed by atoms with Crippen LogP contribution >= 0.6 is 34.8 Å². The van der Waals surface area contributed by atoms with E-state index in [1.54, 1.807) is 32.9 Å². The Morgan fingerprint density at radius 3 is 1.86 bits per heavy atom. The van der Waals surface area contributed by atoms with Gasteiger partial charge in [-0.05, 0) is 62.1 Å². The molecule has 0 saturated heterocycles. The van der Waals surface area contributed by atoms with Crippen molar-refractivity contribution in [3.8, 4) is 0 Å². The van der Waals surface area contributed by atoms with E-state index in [4.69, 9.17) is 34.8 Å². The molecule has 0 N–H and O–H groups in total. The quantitative estimate of drug-likeness (QED) is 0.671. The van der Waals surface area contributed by atoms with Gasteiger partial charge in [-0.15, -0.1) is 0 Å². The van der Waals surface area contributed by atoms with Crippen LogP contribution in [0.5, 0.6) is 0 Å². The van der Waals surface area contributed by atoms with Crippen molar-refractivity contribution in [1.82, 2.24) is 0 Å². The standard InChI is InChI=1S/C16H15Cl3O2S/c1-8-5-6-12(10(3)14(8)17)22(20,21)13-7-9(2)15(18)11(4)16(13)19/h5-7H,1-4H3. The van der Waals surface area contributed by atoms with Crippen molar-refractivity contribution >= 4 is 44.6 Å². The Hall–Kier alpha value is -0.740. The molecule has 0 bridgehead atoms. The van der Waals surface area contributed by atoms with Gasteiger partial charge in [-0.3, -0.25) is 0 Å². The normalized spacial score (nSPS) is 11.8. The van der Waals surface area contributed by atoms with Crippen LogP contribution in [0, 0.1) is 27.7 Å². The van der Waals surface area contributed by atoms with Crippen molar-refractivity contribution in [1.29, 1.82) is 0 Å². The summed E-state index contributed by atoms with van der Waals surface area (Å²) in [6.07, 6.45) is 0. The van der Waals surface area contributed by atoms with E-state index < -0.39 is 9.84 Å². The first kappa shape index (κ1) is 17.6. The Bertz CT molecular complexity index is 872. The molecule has 0 spiro atoms. The lowest BCUT2D eigenvalue weighted by atomic mass is 10.1. The fourth-order valence-corrected chi connectivity index (χ4v) is 4.89. The first-order chi connectivity index (χ1) is 10.1. The van der Waals surface area contributed by atoms with E-state index in [-0.39, 0.29) is 14.8 Å². The fourth-order valence-electron chi connectivity index (χ4n) is 2.31. The maximum absolute atomic E-state index is 13.0. The summed E-state index contributed by atoms with van der Waals surface area (Å²) in [4.78, 5) is 0.211. The minimum Gasteiger partial charge on any atom is -0.218 e. The largest absolute Gasteiger partial charge is 0.218 e. The van der Waals surface area contributed by atoms with E-state index >= 15 is 0 Å². The molecular formula is C16H15Cl3O2S. The Morgan fingerprint density at radius 1 is 0.727 bits per heavy atom. The average molecular weight is 378 g/mol. The summed E-state index contributed by atoms with van der Waals surface area (Å²) < 4.78 is 25.9. The van der Waals surface area contributed by atoms with Gasteiger partial charge in [0.05, 0.1) is 14.8 Å². The van der Waals surface area contributed by atoms with Gasteiger partial charge in [-0.2, -0.15) is 0 Å². The Kier molecular flexibility index (Phi) is 4.84. The van der Waals surface area contributed by atoms with E-state index in [9.17, 15) is 8.42 Å². The third-order valence-corrected chi connectivity index (χ3v) is 7.36. The fraction of sp³-hybridized carbons (Fsp3) is 0.250. The van der Waals surface area contributed by atoms with E-state index in [1.807, 2.05) is 6.92 Å². The first-order valence-electron chi connectivity index (χ1n) is 6.55. The second-order valence-electron chi connectivity index (χ2n) is 5.27. The molecule has 0 amide bonds. The molecule has 0 unspecified atom stereocenters. The van der Waals surface area contributed by atoms with Crippen LogP contribution in [0.25, 0.3) is 0 Å². The van der Waals surface area contributed by atoms with Crippen molar-refractivity contribution in [2.24, 2.45) is 0 Å². The number of aryl methyl sites for hydroxylation is 2. The van der Waals surface area contributed by atoms with Crippen LogP contribution in [0.1, 0.15) is 22.3 Å². The first-order valence-corrected chi connectivity index (χ1v) is 9.16. The van der Waals surface area contributed by atoms with Gasteiger partial charge in [0.2, 0.25) is 9.84 Å². The summed E-state index contributed by atoms with van der Waals surface area (Å²) in [6.45, 7) is 6.96. The molecule has 118 valence electrons. The van der Waals surface area contributed by atoms with Crippen molar-refractivity contribution in [2.45, 2.75) is 37.5 Å². The lowest BCUT2D eigenvalue weighted by Gasteiger charge is -2.15. The highest BCUT2D eigenvalue weighted by molar-refractivity contribution is 7.91. The van der Waals surface area contributed by atoms with Gasteiger partial charge in [0.25, 0.3) is 0 Å². The zero-order valence-corrected chi connectivity index (χ0v) is 15.7. The molecule has 0 heterocycles. The SMILES string of the molecule is Cc1ccc(S(=O)(=O)c2cc(C)c(Cl)c(C)c2Cl)c(C)c1Cl. The molecule has 0 atom stereocenters. The molecule has 0 radical (unpaired) electrons. The lowest BCUT2D eigenvalue weighted by molar-refractivity contribution is 0.595. The van der Waals surface area contributed by atoms with Crippen LogP contribution in [-0.4, -0.2) is 8.42 Å². The third-order valence-electron chi connectivity index (χ3n) is 3.68. The van der Waals surface area contributed by atoms with Gasteiger partial charge in [0, 0.05) is 10.0 Å². The summed E-state index contributed by atoms with van der Waals surface area (Å²) in [5, 5.41) is 1.06. The van der Waals surface area contributed by atoms with Gasteiger partial charge in [-0.1, -0.05) is 40.9 Å². The van der Waals surface area contributed by atoms with Gasteiger partial charge in [0.15, 0.2) is 0 Å². The number of hydrogen-bond acceptors (Lipinski definition) is 2. The summed E-state index contributed by atoms with van der Waals surface area (Å²) in [5.41, 5.74) is 2.56. The molecular weight excluding hydrogens is 363 g/mol. The Labute approximate surface area is 145 Å². The lowest BCUT2D eigenvalue weighted by Crippen LogP contribution is -2.07. The molecule has 0 aromatic heterocycles. The number of benzene rings is 2. The van der Waals surface area contributed by atoms with Crippen LogP contribution in [0.3, 0.4) is 0 Å². The van der Waals surface area contributed by atoms with Gasteiger partial charge >= 0.3 is 0 Å².